The molecule has 0 radical (unpaired) electrons. The Morgan fingerprint density at radius 2 is 1.08 bits per heavy atom. The zero-order valence-corrected chi connectivity index (χ0v) is 18.1. The minimum Gasteiger partial charge on any atom is -0.756 e. The number of aliphatic hydroxyl groups excluding tert-OH is 1. The van der Waals surface area contributed by atoms with Crippen molar-refractivity contribution in [2.24, 2.45) is 0 Å². The van der Waals surface area contributed by atoms with Crippen LogP contribution in [0.1, 0.15) is 0 Å². The Morgan fingerprint density at radius 3 is 1.35 bits per heavy atom. The van der Waals surface area contributed by atoms with Gasteiger partial charge in [-0.3, -0.25) is 9.13 Å². The van der Waals surface area contributed by atoms with Gasteiger partial charge in [0.05, 0.1) is 55.5 Å². The lowest BCUT2D eigenvalue weighted by Crippen LogP contribution is -2.37. The van der Waals surface area contributed by atoms with Crippen LogP contribution >= 0.6 is 15.6 Å². The number of aliphatic hydroxyl groups is 1. The number of nitrogens with zero attached hydrogens (tertiary/aromatic N) is 2. The third kappa shape index (κ3) is 16.3. The molecule has 0 aliphatic heterocycles. The van der Waals surface area contributed by atoms with Crippen LogP contribution in [0.2, 0.25) is 0 Å². The predicted molar refractivity (Wildman–Crippen MR) is 90.8 cm³/mol. The monoisotopic (exact) mass is 422 g/mol. The molecule has 158 valence electrons. The Morgan fingerprint density at radius 1 is 0.769 bits per heavy atom. The van der Waals surface area contributed by atoms with E-state index in [1.54, 1.807) is 0 Å². The lowest BCUT2D eigenvalue weighted by molar-refractivity contribution is -0.870. The third-order valence-electron chi connectivity index (χ3n) is 2.87. The number of phosphoric ester groups is 2. The minimum absolute atomic E-state index is 0.0766. The molecule has 0 aromatic heterocycles. The molecule has 0 aromatic rings. The normalized spacial score (nSPS) is 19.0. The lowest BCUT2D eigenvalue weighted by Gasteiger charge is -2.29. The van der Waals surface area contributed by atoms with E-state index in [0.717, 1.165) is 0 Å². The zero-order valence-electron chi connectivity index (χ0n) is 16.3. The summed E-state index contributed by atoms with van der Waals surface area (Å²) in [4.78, 5) is 23.1. The molecular formula is C13H32N2O9P2. The largest absolute Gasteiger partial charge is 0.756 e. The van der Waals surface area contributed by atoms with E-state index >= 15 is 0 Å². The molecule has 0 aliphatic carbocycles. The quantitative estimate of drug-likeness (QED) is 0.269. The van der Waals surface area contributed by atoms with Gasteiger partial charge in [0.1, 0.15) is 32.4 Å². The minimum atomic E-state index is -4.59. The Hall–Kier alpha value is 0.1000. The first kappa shape index (κ1) is 26.1. The first-order chi connectivity index (χ1) is 11.5. The molecule has 0 aromatic carbocycles. The van der Waals surface area contributed by atoms with Crippen LogP contribution in [0.15, 0.2) is 0 Å². The number of phosphoric acid groups is 2. The maximum absolute atomic E-state index is 11.5. The summed E-state index contributed by atoms with van der Waals surface area (Å²) in [5.41, 5.74) is 0. The SMILES string of the molecule is C[N+](C)(C)CCOP(=O)([O-])OCC(O)COP(=O)([O-])OCC[N+](C)(C)C. The Labute approximate surface area is 155 Å². The summed E-state index contributed by atoms with van der Waals surface area (Å²) in [6, 6.07) is 0. The van der Waals surface area contributed by atoms with Gasteiger partial charge in [-0.2, -0.15) is 0 Å². The van der Waals surface area contributed by atoms with E-state index in [1.807, 2.05) is 42.3 Å². The Kier molecular flexibility index (Phi) is 10.6. The summed E-state index contributed by atoms with van der Waals surface area (Å²) in [6.07, 6.45) is -1.48. The number of likely N-dealkylation sites (N-methyl/N-ethyl adjacent to an activating group) is 2. The zero-order chi connectivity index (χ0) is 20.6. The molecule has 2 atom stereocenters. The van der Waals surface area contributed by atoms with Gasteiger partial charge in [-0.05, 0) is 0 Å². The summed E-state index contributed by atoms with van der Waals surface area (Å²) in [5, 5.41) is 9.60. The van der Waals surface area contributed by atoms with Crippen molar-refractivity contribution in [3.05, 3.63) is 0 Å². The molecule has 1 N–H and O–H groups in total. The van der Waals surface area contributed by atoms with E-state index in [0.29, 0.717) is 22.1 Å². The summed E-state index contributed by atoms with van der Waals surface area (Å²) in [6.45, 7) is -0.663. The maximum Gasteiger partial charge on any atom is 0.268 e. The highest BCUT2D eigenvalue weighted by atomic mass is 31.2. The molecule has 11 nitrogen and oxygen atoms in total. The van der Waals surface area contributed by atoms with Crippen LogP contribution in [-0.4, -0.2) is 102 Å². The van der Waals surface area contributed by atoms with Crippen molar-refractivity contribution in [2.75, 3.05) is 81.8 Å². The van der Waals surface area contributed by atoms with Gasteiger partial charge >= 0.3 is 0 Å². The van der Waals surface area contributed by atoms with Gasteiger partial charge in [0, 0.05) is 0 Å². The van der Waals surface area contributed by atoms with Gasteiger partial charge in [0.15, 0.2) is 0 Å². The lowest BCUT2D eigenvalue weighted by atomic mass is 10.4. The molecular weight excluding hydrogens is 390 g/mol. The highest BCUT2D eigenvalue weighted by molar-refractivity contribution is 7.46. The van der Waals surface area contributed by atoms with Gasteiger partial charge in [-0.15, -0.1) is 0 Å². The van der Waals surface area contributed by atoms with Gasteiger partial charge in [-0.1, -0.05) is 0 Å². The molecule has 0 amide bonds. The van der Waals surface area contributed by atoms with Gasteiger partial charge in [-0.25, -0.2) is 0 Å². The second kappa shape index (κ2) is 10.6. The number of quaternary nitrogens is 2. The fourth-order valence-electron chi connectivity index (χ4n) is 1.33. The standard InChI is InChI=1S/C13H32N2O9P2/c1-14(2,3)7-9-21-25(17,18)23-11-13(16)12-24-26(19,20)22-10-8-15(4,5)6/h13,16H,7-12H2,1-6H3. The van der Waals surface area contributed by atoms with Crippen LogP contribution in [-0.2, 0) is 27.2 Å². The first-order valence-electron chi connectivity index (χ1n) is 8.01. The van der Waals surface area contributed by atoms with Gasteiger partial charge < -0.3 is 42.0 Å². The second-order valence-corrected chi connectivity index (χ2v) is 10.7. The number of rotatable bonds is 14. The van der Waals surface area contributed by atoms with Crippen LogP contribution in [0.3, 0.4) is 0 Å². The fraction of sp³-hybridized carbons (Fsp3) is 1.00. The molecule has 0 saturated carbocycles. The average Bonchev–Trinajstić information content (AvgIpc) is 2.39. The fourth-order valence-corrected chi connectivity index (χ4v) is 2.80. The van der Waals surface area contributed by atoms with Crippen molar-refractivity contribution in [1.82, 2.24) is 0 Å². The van der Waals surface area contributed by atoms with Crippen molar-refractivity contribution in [3.8, 4) is 0 Å². The highest BCUT2D eigenvalue weighted by Crippen LogP contribution is 2.40. The van der Waals surface area contributed by atoms with Crippen molar-refractivity contribution >= 4 is 15.6 Å². The van der Waals surface area contributed by atoms with E-state index in [1.165, 1.54) is 0 Å². The number of hydrogen-bond donors (Lipinski definition) is 1. The first-order valence-corrected chi connectivity index (χ1v) is 10.9. The summed E-state index contributed by atoms with van der Waals surface area (Å²) in [5.74, 6) is 0. The van der Waals surface area contributed by atoms with Crippen LogP contribution in [0.4, 0.5) is 0 Å². The molecule has 0 aliphatic rings. The van der Waals surface area contributed by atoms with E-state index in [-0.39, 0.29) is 13.2 Å². The van der Waals surface area contributed by atoms with Crippen molar-refractivity contribution in [1.29, 1.82) is 0 Å². The molecule has 2 unspecified atom stereocenters. The van der Waals surface area contributed by atoms with E-state index in [4.69, 9.17) is 0 Å². The average molecular weight is 422 g/mol. The molecule has 0 bridgehead atoms. The van der Waals surface area contributed by atoms with E-state index in [9.17, 15) is 24.0 Å². The summed E-state index contributed by atoms with van der Waals surface area (Å²) in [7, 11) is 2.02. The topological polar surface area (TPSA) is 137 Å². The Bertz CT molecular complexity index is 461. The number of hydrogen-bond acceptors (Lipinski definition) is 9. The molecule has 26 heavy (non-hydrogen) atoms. The van der Waals surface area contributed by atoms with Crippen LogP contribution in [0.25, 0.3) is 0 Å². The van der Waals surface area contributed by atoms with Crippen LogP contribution in [0, 0.1) is 0 Å². The van der Waals surface area contributed by atoms with E-state index in [2.05, 4.69) is 18.1 Å². The third-order valence-corrected chi connectivity index (χ3v) is 4.80. The summed E-state index contributed by atoms with van der Waals surface area (Å²) >= 11 is 0. The molecule has 13 heteroatoms. The van der Waals surface area contributed by atoms with Crippen molar-refractivity contribution in [3.63, 3.8) is 0 Å². The molecule has 0 rings (SSSR count). The predicted octanol–water partition coefficient (Wildman–Crippen LogP) is -1.24. The van der Waals surface area contributed by atoms with Crippen LogP contribution in [0.5, 0.6) is 0 Å². The molecule has 0 saturated heterocycles. The molecule has 0 fully saturated rings. The van der Waals surface area contributed by atoms with Gasteiger partial charge in [0.25, 0.3) is 15.6 Å². The second-order valence-electron chi connectivity index (χ2n) is 7.83. The maximum atomic E-state index is 11.5. The van der Waals surface area contributed by atoms with Crippen molar-refractivity contribution < 1.29 is 51.1 Å². The summed E-state index contributed by atoms with van der Waals surface area (Å²) < 4.78 is 42.4. The van der Waals surface area contributed by atoms with Crippen molar-refractivity contribution in [2.45, 2.75) is 6.10 Å². The van der Waals surface area contributed by atoms with Gasteiger partial charge in [0.2, 0.25) is 0 Å². The molecule has 0 heterocycles. The Balaban J connectivity index is 4.11. The van der Waals surface area contributed by atoms with Crippen LogP contribution < -0.4 is 9.79 Å². The molecule has 0 spiro atoms. The smallest absolute Gasteiger partial charge is 0.268 e. The highest BCUT2D eigenvalue weighted by Gasteiger charge is 2.18. The van der Waals surface area contributed by atoms with E-state index < -0.39 is 35.0 Å².